The van der Waals surface area contributed by atoms with E-state index in [-0.39, 0.29) is 0 Å². The van der Waals surface area contributed by atoms with Crippen molar-refractivity contribution in [3.63, 3.8) is 0 Å². The summed E-state index contributed by atoms with van der Waals surface area (Å²) in [5.41, 5.74) is 6.43. The summed E-state index contributed by atoms with van der Waals surface area (Å²) in [6.45, 7) is 0. The first-order valence-corrected chi connectivity index (χ1v) is 9.75. The predicted octanol–water partition coefficient (Wildman–Crippen LogP) is 3.93. The van der Waals surface area contributed by atoms with E-state index in [1.54, 1.807) is 0 Å². The first-order chi connectivity index (χ1) is 13.8. The van der Waals surface area contributed by atoms with Crippen LogP contribution in [-0.2, 0) is 0 Å². The summed E-state index contributed by atoms with van der Waals surface area (Å²) in [6, 6.07) is 17.4. The van der Waals surface area contributed by atoms with E-state index >= 15 is 0 Å². The fraction of sp³-hybridized carbons (Fsp3) is 0.227. The van der Waals surface area contributed by atoms with Crippen LogP contribution in [0.5, 0.6) is 0 Å². The average Bonchev–Trinajstić information content (AvgIpc) is 3.46. The Labute approximate surface area is 162 Å². The molecular formula is C22H20N6. The highest BCUT2D eigenvalue weighted by atomic mass is 15.4. The van der Waals surface area contributed by atoms with Crippen molar-refractivity contribution in [2.24, 2.45) is 0 Å². The Balaban J connectivity index is 1.27. The fourth-order valence-corrected chi connectivity index (χ4v) is 4.46. The van der Waals surface area contributed by atoms with Crippen LogP contribution in [0.4, 0.5) is 0 Å². The van der Waals surface area contributed by atoms with Crippen LogP contribution < -0.4 is 5.32 Å². The summed E-state index contributed by atoms with van der Waals surface area (Å²) in [5, 5.41) is 20.8. The lowest BCUT2D eigenvalue weighted by Crippen LogP contribution is -2.30. The molecule has 2 aliphatic rings. The monoisotopic (exact) mass is 368 g/mol. The summed E-state index contributed by atoms with van der Waals surface area (Å²) >= 11 is 0. The van der Waals surface area contributed by atoms with Crippen molar-refractivity contribution in [3.8, 4) is 17.1 Å². The molecule has 138 valence electrons. The Hall–Kier alpha value is -3.41. The van der Waals surface area contributed by atoms with Gasteiger partial charge in [-0.2, -0.15) is 5.10 Å². The molecule has 0 aliphatic carbocycles. The molecule has 0 saturated carbocycles. The van der Waals surface area contributed by atoms with E-state index in [2.05, 4.69) is 56.2 Å². The number of nitrogens with zero attached hydrogens (tertiary/aromatic N) is 4. The van der Waals surface area contributed by atoms with Gasteiger partial charge in [-0.1, -0.05) is 41.6 Å². The third kappa shape index (κ3) is 2.52. The number of aromatic amines is 1. The van der Waals surface area contributed by atoms with Gasteiger partial charge in [0.25, 0.3) is 0 Å². The minimum atomic E-state index is 0.607. The SMILES string of the molecule is C1=C2C[C@@H](c3ccc(-n4cc(-c5n[nH]c6ccccc56)nn4)cc3)C[C@@H](C1)N2. The molecule has 6 heteroatoms. The summed E-state index contributed by atoms with van der Waals surface area (Å²) in [7, 11) is 0. The molecule has 28 heavy (non-hydrogen) atoms. The van der Waals surface area contributed by atoms with Crippen molar-refractivity contribution in [2.45, 2.75) is 31.2 Å². The lowest BCUT2D eigenvalue weighted by Gasteiger charge is -2.28. The second kappa shape index (κ2) is 6.05. The third-order valence-corrected chi connectivity index (χ3v) is 5.91. The van der Waals surface area contributed by atoms with Crippen LogP contribution in [0.25, 0.3) is 28.0 Å². The van der Waals surface area contributed by atoms with Gasteiger partial charge in [-0.05, 0) is 48.9 Å². The van der Waals surface area contributed by atoms with E-state index in [1.807, 2.05) is 35.1 Å². The molecule has 2 bridgehead atoms. The molecule has 2 aliphatic heterocycles. The highest BCUT2D eigenvalue weighted by Gasteiger charge is 2.28. The standard InChI is InChI=1S/C22H20N6/c1-2-4-20-19(3-1)22(26-24-20)21-13-28(27-25-21)18-9-5-14(6-10-18)15-11-16-7-8-17(12-15)23-16/h1-7,9-10,13,15,17,23H,8,11-12H2,(H,24,26)/t15-,17-/m1/s1. The zero-order chi connectivity index (χ0) is 18.5. The maximum Gasteiger partial charge on any atom is 0.134 e. The highest BCUT2D eigenvalue weighted by molar-refractivity contribution is 5.91. The highest BCUT2D eigenvalue weighted by Crippen LogP contribution is 2.36. The lowest BCUT2D eigenvalue weighted by atomic mass is 9.87. The molecule has 2 aromatic carbocycles. The van der Waals surface area contributed by atoms with Crippen molar-refractivity contribution >= 4 is 10.9 Å². The van der Waals surface area contributed by atoms with Gasteiger partial charge in [-0.15, -0.1) is 5.10 Å². The number of allylic oxidation sites excluding steroid dienone is 1. The molecule has 2 aromatic heterocycles. The molecule has 0 radical (unpaired) electrons. The number of rotatable bonds is 3. The number of H-pyrrole nitrogens is 1. The Morgan fingerprint density at radius 3 is 2.82 bits per heavy atom. The minimum absolute atomic E-state index is 0.607. The summed E-state index contributed by atoms with van der Waals surface area (Å²) in [6.07, 6.45) is 7.80. The smallest absolute Gasteiger partial charge is 0.134 e. The number of benzene rings is 2. The van der Waals surface area contributed by atoms with Crippen LogP contribution in [0.3, 0.4) is 0 Å². The van der Waals surface area contributed by atoms with Crippen molar-refractivity contribution in [2.75, 3.05) is 0 Å². The molecule has 0 spiro atoms. The number of hydrogen-bond acceptors (Lipinski definition) is 4. The second-order valence-electron chi connectivity index (χ2n) is 7.70. The largest absolute Gasteiger partial charge is 0.386 e. The molecule has 6 rings (SSSR count). The topological polar surface area (TPSA) is 71.4 Å². The van der Waals surface area contributed by atoms with Crippen LogP contribution in [0, 0.1) is 0 Å². The number of nitrogens with one attached hydrogen (secondary N) is 2. The molecular weight excluding hydrogens is 348 g/mol. The van der Waals surface area contributed by atoms with Gasteiger partial charge in [0.15, 0.2) is 0 Å². The normalized spacial score (nSPS) is 20.9. The molecule has 0 amide bonds. The van der Waals surface area contributed by atoms with E-state index in [4.69, 9.17) is 0 Å². The molecule has 1 fully saturated rings. The minimum Gasteiger partial charge on any atom is -0.386 e. The van der Waals surface area contributed by atoms with Crippen molar-refractivity contribution < 1.29 is 0 Å². The van der Waals surface area contributed by atoms with Gasteiger partial charge in [0.1, 0.15) is 11.4 Å². The lowest BCUT2D eigenvalue weighted by molar-refractivity contribution is 0.439. The van der Waals surface area contributed by atoms with Crippen LogP contribution >= 0.6 is 0 Å². The second-order valence-corrected chi connectivity index (χ2v) is 7.70. The summed E-state index contributed by atoms with van der Waals surface area (Å²) in [4.78, 5) is 0. The third-order valence-electron chi connectivity index (χ3n) is 5.91. The van der Waals surface area contributed by atoms with Gasteiger partial charge in [0.2, 0.25) is 0 Å². The first-order valence-electron chi connectivity index (χ1n) is 9.75. The molecule has 2 atom stereocenters. The Morgan fingerprint density at radius 2 is 1.93 bits per heavy atom. The van der Waals surface area contributed by atoms with E-state index in [0.29, 0.717) is 12.0 Å². The average molecular weight is 368 g/mol. The van der Waals surface area contributed by atoms with Crippen LogP contribution in [-0.4, -0.2) is 31.2 Å². The van der Waals surface area contributed by atoms with Crippen LogP contribution in [0.2, 0.25) is 0 Å². The van der Waals surface area contributed by atoms with E-state index < -0.39 is 0 Å². The van der Waals surface area contributed by atoms with E-state index in [0.717, 1.165) is 34.4 Å². The van der Waals surface area contributed by atoms with Crippen LogP contribution in [0.15, 0.2) is 66.5 Å². The van der Waals surface area contributed by atoms with E-state index in [9.17, 15) is 0 Å². The van der Waals surface area contributed by atoms with E-state index in [1.165, 1.54) is 24.1 Å². The zero-order valence-corrected chi connectivity index (χ0v) is 15.3. The maximum absolute atomic E-state index is 4.42. The molecule has 0 unspecified atom stereocenters. The molecule has 1 saturated heterocycles. The van der Waals surface area contributed by atoms with Crippen molar-refractivity contribution in [1.82, 2.24) is 30.5 Å². The van der Waals surface area contributed by atoms with Gasteiger partial charge < -0.3 is 5.32 Å². The number of aromatic nitrogens is 5. The molecule has 2 N–H and O–H groups in total. The predicted molar refractivity (Wildman–Crippen MR) is 108 cm³/mol. The van der Waals surface area contributed by atoms with Gasteiger partial charge in [0, 0.05) is 17.1 Å². The number of para-hydroxylation sites is 1. The fourth-order valence-electron chi connectivity index (χ4n) is 4.46. The van der Waals surface area contributed by atoms with Gasteiger partial charge in [0.05, 0.1) is 17.4 Å². The maximum atomic E-state index is 4.42. The molecule has 4 heterocycles. The summed E-state index contributed by atoms with van der Waals surface area (Å²) < 4.78 is 1.82. The van der Waals surface area contributed by atoms with Gasteiger partial charge in [-0.3, -0.25) is 5.10 Å². The van der Waals surface area contributed by atoms with Crippen molar-refractivity contribution in [3.05, 3.63) is 72.1 Å². The summed E-state index contributed by atoms with van der Waals surface area (Å²) in [5.74, 6) is 0.607. The Morgan fingerprint density at radius 1 is 1.04 bits per heavy atom. The Bertz CT molecular complexity index is 1180. The zero-order valence-electron chi connectivity index (χ0n) is 15.3. The number of piperidine rings is 1. The number of hydrogen-bond donors (Lipinski definition) is 2. The van der Waals surface area contributed by atoms with Crippen molar-refractivity contribution in [1.29, 1.82) is 0 Å². The Kier molecular flexibility index (Phi) is 3.38. The number of fused-ring (bicyclic) bond motifs is 3. The molecule has 4 aromatic rings. The molecule has 6 nitrogen and oxygen atoms in total. The van der Waals surface area contributed by atoms with Gasteiger partial charge >= 0.3 is 0 Å². The van der Waals surface area contributed by atoms with Gasteiger partial charge in [-0.25, -0.2) is 4.68 Å². The first kappa shape index (κ1) is 15.6. The quantitative estimate of drug-likeness (QED) is 0.575. The van der Waals surface area contributed by atoms with Crippen LogP contribution in [0.1, 0.15) is 30.7 Å².